The molecule has 0 amide bonds. The van der Waals surface area contributed by atoms with Crippen LogP contribution in [-0.4, -0.2) is 152 Å². The first-order chi connectivity index (χ1) is 40.1. The van der Waals surface area contributed by atoms with E-state index in [1.54, 1.807) is 48.5 Å². The van der Waals surface area contributed by atoms with Gasteiger partial charge < -0.3 is 83.8 Å². The Labute approximate surface area is 542 Å². The molecular formula is C64H152N8O16. The number of carbonyl (C=O) groups excluding carboxylic acids is 8. The summed E-state index contributed by atoms with van der Waals surface area (Å²) >= 11 is 0. The van der Waals surface area contributed by atoms with Crippen molar-refractivity contribution in [2.45, 2.75) is 299 Å². The van der Waals surface area contributed by atoms with Gasteiger partial charge in [-0.3, -0.25) is 38.4 Å². The zero-order chi connectivity index (χ0) is 75.1. The summed E-state index contributed by atoms with van der Waals surface area (Å²) in [5.74, 6) is -2.48. The van der Waals surface area contributed by atoms with E-state index >= 15 is 0 Å². The predicted molar refractivity (Wildman–Crippen MR) is 370 cm³/mol. The van der Waals surface area contributed by atoms with Crippen LogP contribution in [0.2, 0.25) is 0 Å². The van der Waals surface area contributed by atoms with Gasteiger partial charge in [0.25, 0.3) is 0 Å². The lowest BCUT2D eigenvalue weighted by Gasteiger charge is -2.13. The van der Waals surface area contributed by atoms with Crippen molar-refractivity contribution < 1.29 is 76.3 Å². The van der Waals surface area contributed by atoms with Crippen LogP contribution in [0.5, 0.6) is 0 Å². The molecule has 0 aromatic heterocycles. The Kier molecular flexibility index (Phi) is 140. The van der Waals surface area contributed by atoms with Gasteiger partial charge in [0, 0.05) is 0 Å². The van der Waals surface area contributed by atoms with Crippen molar-refractivity contribution >= 4 is 47.8 Å². The van der Waals surface area contributed by atoms with E-state index in [-0.39, 0.29) is 53.6 Å². The van der Waals surface area contributed by atoms with Crippen molar-refractivity contribution in [3.8, 4) is 0 Å². The summed E-state index contributed by atoms with van der Waals surface area (Å²) in [4.78, 5) is 83.3. The monoisotopic (exact) mass is 1290 g/mol. The van der Waals surface area contributed by atoms with Crippen LogP contribution in [-0.2, 0) is 76.3 Å². The van der Waals surface area contributed by atoms with Gasteiger partial charge in [0.15, 0.2) is 0 Å². The highest BCUT2D eigenvalue weighted by molar-refractivity contribution is 5.80. The molecule has 24 heteroatoms. The van der Waals surface area contributed by atoms with Crippen LogP contribution in [0.25, 0.3) is 0 Å². The van der Waals surface area contributed by atoms with Gasteiger partial charge in [-0.15, -0.1) is 0 Å². The lowest BCUT2D eigenvalue weighted by atomic mass is 10.1. The van der Waals surface area contributed by atoms with Crippen LogP contribution in [0, 0.1) is 17.8 Å². The van der Waals surface area contributed by atoms with Gasteiger partial charge >= 0.3 is 47.8 Å². The molecule has 0 fully saturated rings. The molecule has 0 spiro atoms. The third-order valence-corrected chi connectivity index (χ3v) is 6.72. The lowest BCUT2D eigenvalue weighted by Crippen LogP contribution is -2.42. The van der Waals surface area contributed by atoms with Crippen molar-refractivity contribution in [3.63, 3.8) is 0 Å². The SMILES string of the molecule is CCC.CCC.CCC.CCC.CCC.CCC.CCC.CCC.COC(=O)C(C)(C)N.COC(=O)C(C)(C)N.COC(=O)C(C)N.COC(=O)C(N)C(C)C.COC(=O)[C@@H](C)N.COC(=O)[C@@H](N)C(C)C.COC(=O)[C@H](C)N.COC(=O)[C@H](N)C(C)C. The molecule has 24 nitrogen and oxygen atoms in total. The molecule has 0 rings (SSSR count). The first-order valence-corrected chi connectivity index (χ1v) is 30.9. The molecule has 0 aliphatic heterocycles. The summed E-state index contributed by atoms with van der Waals surface area (Å²) in [5, 5.41) is 0. The van der Waals surface area contributed by atoms with Gasteiger partial charge in [-0.05, 0) is 66.2 Å². The lowest BCUT2D eigenvalue weighted by molar-refractivity contribution is -0.146. The fraction of sp³-hybridized carbons (Fsp3) is 0.875. The number of methoxy groups -OCH3 is 8. The average Bonchev–Trinajstić information content (AvgIpc) is 3.44. The van der Waals surface area contributed by atoms with Gasteiger partial charge in [-0.25, -0.2) is 0 Å². The Hall–Kier alpha value is -4.56. The molecule has 0 radical (unpaired) electrons. The largest absolute Gasteiger partial charge is 0.468 e. The normalized spacial score (nSPS) is 10.9. The topological polar surface area (TPSA) is 419 Å². The number of esters is 8. The Morgan fingerprint density at radius 2 is 0.364 bits per heavy atom. The number of nitrogens with two attached hydrogens (primary N) is 8. The van der Waals surface area contributed by atoms with Crippen molar-refractivity contribution in [2.75, 3.05) is 56.9 Å². The standard InChI is InChI=1S/3C6H13NO2.2C5H11NO2.3C4H9NO2.8C3H8/c3*1-4(2)5(7)6(8)9-3;2*1-5(2,6)4(7)8-3;3*1-3(5)4(6)7-2;8*1-3-2/h3*4-5H,7H2,1-3H3;2*6H2,1-3H3;3*3H,5H2,1-2H3;8*3H2,1-2H3/t2*5-;;;;2*3-;;;;;;;;;/m10...10........./s1. The van der Waals surface area contributed by atoms with E-state index < -0.39 is 59.3 Å². The first-order valence-electron chi connectivity index (χ1n) is 30.9. The second-order valence-electron chi connectivity index (χ2n) is 20.9. The second kappa shape index (κ2) is 98.7. The molecule has 0 saturated heterocycles. The molecule has 0 aliphatic carbocycles. The van der Waals surface area contributed by atoms with Crippen LogP contribution >= 0.6 is 0 Å². The van der Waals surface area contributed by atoms with Gasteiger partial charge in [0.05, 0.1) is 56.9 Å². The summed E-state index contributed by atoms with van der Waals surface area (Å²) < 4.78 is 34.7. The Morgan fingerprint density at radius 1 is 0.261 bits per heavy atom. The molecule has 0 aromatic carbocycles. The fourth-order valence-electron chi connectivity index (χ4n) is 2.31. The highest BCUT2D eigenvalue weighted by atomic mass is 16.5. The quantitative estimate of drug-likeness (QED) is 0.0704. The molecule has 16 N–H and O–H groups in total. The van der Waals surface area contributed by atoms with Crippen LogP contribution in [0.1, 0.15) is 252 Å². The Balaban J connectivity index is -0.0000000457. The zero-order valence-corrected chi connectivity index (χ0v) is 64.0. The van der Waals surface area contributed by atoms with Crippen molar-refractivity contribution in [1.29, 1.82) is 0 Å². The minimum Gasteiger partial charge on any atom is -0.468 e. The van der Waals surface area contributed by atoms with E-state index in [2.05, 4.69) is 149 Å². The molecule has 6 atom stereocenters. The van der Waals surface area contributed by atoms with Crippen molar-refractivity contribution in [2.24, 2.45) is 63.6 Å². The molecule has 0 saturated carbocycles. The molecule has 88 heavy (non-hydrogen) atoms. The predicted octanol–water partition coefficient (Wildman–Crippen LogP) is 10.1. The molecule has 544 valence electrons. The number of hydrogen-bond acceptors (Lipinski definition) is 24. The van der Waals surface area contributed by atoms with E-state index in [9.17, 15) is 38.4 Å². The van der Waals surface area contributed by atoms with Crippen molar-refractivity contribution in [1.82, 2.24) is 0 Å². The summed E-state index contributed by atoms with van der Waals surface area (Å²) in [6.07, 6.45) is 10.0. The van der Waals surface area contributed by atoms with Gasteiger partial charge in [0.1, 0.15) is 47.3 Å². The average molecular weight is 1290 g/mol. The number of rotatable bonds is 11. The highest BCUT2D eigenvalue weighted by Gasteiger charge is 2.23. The summed E-state index contributed by atoms with van der Waals surface area (Å²) in [6, 6.07) is -2.92. The second-order valence-corrected chi connectivity index (χ2v) is 20.9. The molecular weight excluding hydrogens is 1140 g/mol. The first kappa shape index (κ1) is 125. The third-order valence-electron chi connectivity index (χ3n) is 6.72. The number of hydrogen-bond donors (Lipinski definition) is 8. The van der Waals surface area contributed by atoms with Gasteiger partial charge in [0.2, 0.25) is 0 Å². The van der Waals surface area contributed by atoms with Crippen molar-refractivity contribution in [3.05, 3.63) is 0 Å². The summed E-state index contributed by atoms with van der Waals surface area (Å²) in [5.41, 5.74) is 40.3. The zero-order valence-electron chi connectivity index (χ0n) is 64.0. The fourth-order valence-corrected chi connectivity index (χ4v) is 2.31. The summed E-state index contributed by atoms with van der Waals surface area (Å²) in [6.45, 7) is 56.4. The van der Waals surface area contributed by atoms with E-state index in [1.165, 1.54) is 108 Å². The van der Waals surface area contributed by atoms with E-state index in [1.807, 2.05) is 41.5 Å². The molecule has 0 aliphatic rings. The maximum absolute atomic E-state index is 10.6. The third kappa shape index (κ3) is 149. The van der Waals surface area contributed by atoms with Crippen LogP contribution < -0.4 is 45.9 Å². The minimum absolute atomic E-state index is 0.150. The van der Waals surface area contributed by atoms with Crippen LogP contribution in [0.4, 0.5) is 0 Å². The van der Waals surface area contributed by atoms with Gasteiger partial charge in [-0.1, -0.05) is 204 Å². The maximum atomic E-state index is 10.6. The molecule has 0 bridgehead atoms. The van der Waals surface area contributed by atoms with E-state index in [0.717, 1.165) is 0 Å². The molecule has 0 heterocycles. The van der Waals surface area contributed by atoms with E-state index in [4.69, 9.17) is 45.9 Å². The molecule has 0 aromatic rings. The smallest absolute Gasteiger partial charge is 0.325 e. The number of carbonyl (C=O) groups is 8. The van der Waals surface area contributed by atoms with Gasteiger partial charge in [-0.2, -0.15) is 0 Å². The number of ether oxygens (including phenoxy) is 8. The van der Waals surface area contributed by atoms with E-state index in [0.29, 0.717) is 0 Å². The minimum atomic E-state index is -0.852. The Bertz CT molecular complexity index is 1250. The molecule has 2 unspecified atom stereocenters. The van der Waals surface area contributed by atoms with Crippen LogP contribution in [0.15, 0.2) is 0 Å². The van der Waals surface area contributed by atoms with Crippen LogP contribution in [0.3, 0.4) is 0 Å². The summed E-state index contributed by atoms with van der Waals surface area (Å²) in [7, 11) is 10.6. The Morgan fingerprint density at radius 3 is 0.375 bits per heavy atom. The highest BCUT2D eigenvalue weighted by Crippen LogP contribution is 2.01. The maximum Gasteiger partial charge on any atom is 0.325 e.